The fourth-order valence-electron chi connectivity index (χ4n) is 2.23. The molecule has 0 saturated carbocycles. The molecule has 5 heteroatoms. The molecule has 2 aromatic heterocycles. The van der Waals surface area contributed by atoms with Crippen LogP contribution in [0.2, 0.25) is 0 Å². The zero-order chi connectivity index (χ0) is 14.1. The number of aromatic nitrogens is 3. The molecule has 5 nitrogen and oxygen atoms in total. The largest absolute Gasteiger partial charge is 0.384 e. The average molecular weight is 266 g/mol. The summed E-state index contributed by atoms with van der Waals surface area (Å²) in [6.07, 6.45) is 1.76. The number of fused-ring (bicyclic) bond motifs is 1. The Morgan fingerprint density at radius 1 is 1.20 bits per heavy atom. The van der Waals surface area contributed by atoms with Crippen LogP contribution in [0, 0.1) is 6.92 Å². The van der Waals surface area contributed by atoms with Crippen molar-refractivity contribution in [2.75, 3.05) is 5.73 Å². The molecule has 3 rings (SSSR count). The molecule has 0 radical (unpaired) electrons. The highest BCUT2D eigenvalue weighted by molar-refractivity contribution is 5.81. The highest BCUT2D eigenvalue weighted by Crippen LogP contribution is 2.09. The summed E-state index contributed by atoms with van der Waals surface area (Å²) in [5.74, 6) is 0.959. The maximum atomic E-state index is 12.4. The average Bonchev–Trinajstić information content (AvgIpc) is 2.41. The first-order chi connectivity index (χ1) is 9.63. The van der Waals surface area contributed by atoms with Gasteiger partial charge in [0.2, 0.25) is 0 Å². The summed E-state index contributed by atoms with van der Waals surface area (Å²) < 4.78 is 1.59. The second-order valence-corrected chi connectivity index (χ2v) is 4.69. The second kappa shape index (κ2) is 4.77. The van der Waals surface area contributed by atoms with Crippen LogP contribution in [0.5, 0.6) is 0 Å². The topological polar surface area (TPSA) is 73.8 Å². The van der Waals surface area contributed by atoms with Gasteiger partial charge in [0, 0.05) is 23.3 Å². The van der Waals surface area contributed by atoms with Gasteiger partial charge in [-0.25, -0.2) is 9.97 Å². The standard InChI is InChI=1S/C15H14N4O/c1-10-8-13(16)18-14(17-10)9-19-7-6-11-4-2-3-5-12(11)15(19)20/h2-8H,9H2,1H3,(H2,16,17,18). The number of nitrogen functional groups attached to an aromatic ring is 1. The van der Waals surface area contributed by atoms with Gasteiger partial charge in [-0.15, -0.1) is 0 Å². The Morgan fingerprint density at radius 2 is 2.00 bits per heavy atom. The molecule has 100 valence electrons. The molecule has 2 heterocycles. The van der Waals surface area contributed by atoms with Crippen molar-refractivity contribution < 1.29 is 0 Å². The predicted octanol–water partition coefficient (Wildman–Crippen LogP) is 1.73. The van der Waals surface area contributed by atoms with Crippen molar-refractivity contribution >= 4 is 16.6 Å². The summed E-state index contributed by atoms with van der Waals surface area (Å²) in [7, 11) is 0. The van der Waals surface area contributed by atoms with Crippen molar-refractivity contribution in [2.45, 2.75) is 13.5 Å². The summed E-state index contributed by atoms with van der Waals surface area (Å²) in [4.78, 5) is 20.8. The maximum absolute atomic E-state index is 12.4. The first-order valence-corrected chi connectivity index (χ1v) is 6.32. The van der Waals surface area contributed by atoms with Crippen LogP contribution in [0.15, 0.2) is 47.4 Å². The fraction of sp³-hybridized carbons (Fsp3) is 0.133. The molecular weight excluding hydrogens is 252 g/mol. The zero-order valence-electron chi connectivity index (χ0n) is 11.1. The Labute approximate surface area is 115 Å². The van der Waals surface area contributed by atoms with Crippen LogP contribution >= 0.6 is 0 Å². The van der Waals surface area contributed by atoms with Gasteiger partial charge in [0.1, 0.15) is 5.82 Å². The number of aryl methyl sites for hydroxylation is 1. The minimum absolute atomic E-state index is 0.0493. The number of anilines is 1. The first-order valence-electron chi connectivity index (χ1n) is 6.32. The first kappa shape index (κ1) is 12.3. The van der Waals surface area contributed by atoms with E-state index in [1.54, 1.807) is 16.8 Å². The van der Waals surface area contributed by atoms with E-state index in [-0.39, 0.29) is 5.56 Å². The van der Waals surface area contributed by atoms with Crippen molar-refractivity contribution in [3.8, 4) is 0 Å². The molecule has 3 aromatic rings. The Kier molecular flexibility index (Phi) is 2.95. The van der Waals surface area contributed by atoms with E-state index >= 15 is 0 Å². The fourth-order valence-corrected chi connectivity index (χ4v) is 2.23. The van der Waals surface area contributed by atoms with Gasteiger partial charge in [-0.3, -0.25) is 4.79 Å². The van der Waals surface area contributed by atoms with Gasteiger partial charge in [-0.1, -0.05) is 18.2 Å². The molecule has 0 amide bonds. The molecule has 20 heavy (non-hydrogen) atoms. The number of nitrogens with two attached hydrogens (primary N) is 1. The zero-order valence-corrected chi connectivity index (χ0v) is 11.1. The minimum Gasteiger partial charge on any atom is -0.384 e. The van der Waals surface area contributed by atoms with E-state index in [0.29, 0.717) is 23.6 Å². The maximum Gasteiger partial charge on any atom is 0.258 e. The molecule has 0 unspecified atom stereocenters. The van der Waals surface area contributed by atoms with Crippen LogP contribution in [0.25, 0.3) is 10.8 Å². The van der Waals surface area contributed by atoms with Gasteiger partial charge in [0.25, 0.3) is 5.56 Å². The smallest absolute Gasteiger partial charge is 0.258 e. The Balaban J connectivity index is 2.07. The Hall–Kier alpha value is -2.69. The number of pyridine rings is 1. The Bertz CT molecular complexity index is 818. The van der Waals surface area contributed by atoms with Gasteiger partial charge in [-0.2, -0.15) is 0 Å². The molecule has 0 fully saturated rings. The third-order valence-electron chi connectivity index (χ3n) is 3.12. The number of hydrogen-bond donors (Lipinski definition) is 1. The van der Waals surface area contributed by atoms with Crippen molar-refractivity contribution in [3.63, 3.8) is 0 Å². The van der Waals surface area contributed by atoms with Crippen molar-refractivity contribution in [1.82, 2.24) is 14.5 Å². The van der Waals surface area contributed by atoms with E-state index in [0.717, 1.165) is 11.1 Å². The van der Waals surface area contributed by atoms with Crippen LogP contribution in [0.4, 0.5) is 5.82 Å². The van der Waals surface area contributed by atoms with Crippen molar-refractivity contribution in [2.24, 2.45) is 0 Å². The molecular formula is C15H14N4O. The van der Waals surface area contributed by atoms with Gasteiger partial charge in [0.15, 0.2) is 5.82 Å². The lowest BCUT2D eigenvalue weighted by molar-refractivity contribution is 0.718. The van der Waals surface area contributed by atoms with E-state index in [2.05, 4.69) is 9.97 Å². The molecule has 1 aromatic carbocycles. The molecule has 0 aliphatic carbocycles. The van der Waals surface area contributed by atoms with E-state index in [1.807, 2.05) is 37.3 Å². The van der Waals surface area contributed by atoms with E-state index < -0.39 is 0 Å². The summed E-state index contributed by atoms with van der Waals surface area (Å²) in [5.41, 5.74) is 6.45. The van der Waals surface area contributed by atoms with Crippen LogP contribution in [-0.2, 0) is 6.54 Å². The van der Waals surface area contributed by atoms with Crippen LogP contribution < -0.4 is 11.3 Å². The SMILES string of the molecule is Cc1cc(N)nc(Cn2ccc3ccccc3c2=O)n1. The summed E-state index contributed by atoms with van der Waals surface area (Å²) in [6.45, 7) is 2.17. The summed E-state index contributed by atoms with van der Waals surface area (Å²) >= 11 is 0. The summed E-state index contributed by atoms with van der Waals surface area (Å²) in [5, 5.41) is 1.62. The normalized spacial score (nSPS) is 10.8. The predicted molar refractivity (Wildman–Crippen MR) is 78.5 cm³/mol. The van der Waals surface area contributed by atoms with Gasteiger partial charge >= 0.3 is 0 Å². The lowest BCUT2D eigenvalue weighted by Crippen LogP contribution is -2.21. The second-order valence-electron chi connectivity index (χ2n) is 4.69. The molecule has 0 aliphatic heterocycles. The van der Waals surface area contributed by atoms with E-state index in [1.165, 1.54) is 0 Å². The number of benzene rings is 1. The van der Waals surface area contributed by atoms with Gasteiger partial charge < -0.3 is 10.3 Å². The third-order valence-corrected chi connectivity index (χ3v) is 3.12. The van der Waals surface area contributed by atoms with E-state index in [4.69, 9.17) is 5.73 Å². The summed E-state index contributed by atoms with van der Waals surface area (Å²) in [6, 6.07) is 11.1. The van der Waals surface area contributed by atoms with Crippen LogP contribution in [0.1, 0.15) is 11.5 Å². The lowest BCUT2D eigenvalue weighted by Gasteiger charge is -2.07. The van der Waals surface area contributed by atoms with Crippen molar-refractivity contribution in [1.29, 1.82) is 0 Å². The van der Waals surface area contributed by atoms with E-state index in [9.17, 15) is 4.79 Å². The quantitative estimate of drug-likeness (QED) is 0.766. The van der Waals surface area contributed by atoms with Crippen molar-refractivity contribution in [3.05, 3.63) is 64.5 Å². The molecule has 2 N–H and O–H groups in total. The molecule has 0 saturated heterocycles. The molecule has 0 bridgehead atoms. The van der Waals surface area contributed by atoms with Gasteiger partial charge in [-0.05, 0) is 24.4 Å². The number of hydrogen-bond acceptors (Lipinski definition) is 4. The number of rotatable bonds is 2. The number of nitrogens with zero attached hydrogens (tertiary/aromatic N) is 3. The highest BCUT2D eigenvalue weighted by Gasteiger charge is 2.05. The lowest BCUT2D eigenvalue weighted by atomic mass is 10.2. The Morgan fingerprint density at radius 3 is 2.80 bits per heavy atom. The monoisotopic (exact) mass is 266 g/mol. The third kappa shape index (κ3) is 2.25. The highest BCUT2D eigenvalue weighted by atomic mass is 16.1. The van der Waals surface area contributed by atoms with Gasteiger partial charge in [0.05, 0.1) is 6.54 Å². The molecule has 0 atom stereocenters. The van der Waals surface area contributed by atoms with Crippen LogP contribution in [-0.4, -0.2) is 14.5 Å². The molecule has 0 spiro atoms. The molecule has 0 aliphatic rings. The minimum atomic E-state index is -0.0493. The van der Waals surface area contributed by atoms with Crippen LogP contribution in [0.3, 0.4) is 0 Å².